The van der Waals surface area contributed by atoms with Crippen LogP contribution >= 0.6 is 0 Å². The summed E-state index contributed by atoms with van der Waals surface area (Å²) < 4.78 is 49.2. The van der Waals surface area contributed by atoms with Gasteiger partial charge in [-0.05, 0) is 5.92 Å². The van der Waals surface area contributed by atoms with E-state index >= 15 is 0 Å². The Kier molecular flexibility index (Phi) is 4.90. The maximum Gasteiger partial charge on any atom is 0.273 e. The first-order chi connectivity index (χ1) is 6.18. The molecule has 0 heterocycles. The number of hydrogen-bond donors (Lipinski definition) is 2. The van der Waals surface area contributed by atoms with E-state index < -0.39 is 29.0 Å². The van der Waals surface area contributed by atoms with E-state index in [0.717, 1.165) is 0 Å². The average molecular weight is 230 g/mol. The fourth-order valence-electron chi connectivity index (χ4n) is 0.785. The van der Waals surface area contributed by atoms with Crippen molar-refractivity contribution in [3.8, 4) is 0 Å². The highest BCUT2D eigenvalue weighted by atomic mass is 32.2. The maximum absolute atomic E-state index is 12.6. The Labute approximate surface area is 82.9 Å². The zero-order chi connectivity index (χ0) is 11.4. The molecule has 0 rings (SSSR count). The molecule has 0 aromatic rings. The first kappa shape index (κ1) is 13.7. The van der Waals surface area contributed by atoms with E-state index in [0.29, 0.717) is 0 Å². The Morgan fingerprint density at radius 1 is 1.43 bits per heavy atom. The third kappa shape index (κ3) is 6.22. The predicted octanol–water partition coefficient (Wildman–Crippen LogP) is 0.156. The van der Waals surface area contributed by atoms with E-state index in [9.17, 15) is 17.2 Å². The van der Waals surface area contributed by atoms with E-state index in [1.54, 1.807) is 13.8 Å². The second kappa shape index (κ2) is 4.99. The zero-order valence-corrected chi connectivity index (χ0v) is 9.07. The summed E-state index contributed by atoms with van der Waals surface area (Å²) in [6.45, 7) is 1.59. The van der Waals surface area contributed by atoms with Crippen LogP contribution in [0.4, 0.5) is 8.78 Å². The van der Waals surface area contributed by atoms with Crippen molar-refractivity contribution in [3.63, 3.8) is 0 Å². The van der Waals surface area contributed by atoms with Crippen molar-refractivity contribution in [2.24, 2.45) is 11.7 Å². The number of rotatable bonds is 6. The highest BCUT2D eigenvalue weighted by Crippen LogP contribution is 2.09. The monoisotopic (exact) mass is 230 g/mol. The molecule has 0 aliphatic carbocycles. The van der Waals surface area contributed by atoms with Gasteiger partial charge in [-0.2, -0.15) is 0 Å². The smallest absolute Gasteiger partial charge is 0.273 e. The van der Waals surface area contributed by atoms with Gasteiger partial charge in [-0.3, -0.25) is 0 Å². The summed E-state index contributed by atoms with van der Waals surface area (Å²) in [4.78, 5) is 0. The molecule has 0 spiro atoms. The molecule has 0 atom stereocenters. The number of alkyl halides is 2. The lowest BCUT2D eigenvalue weighted by Crippen LogP contribution is -2.42. The maximum atomic E-state index is 12.6. The Morgan fingerprint density at radius 3 is 2.29 bits per heavy atom. The zero-order valence-electron chi connectivity index (χ0n) is 8.26. The van der Waals surface area contributed by atoms with Gasteiger partial charge in [-0.25, -0.2) is 21.9 Å². The van der Waals surface area contributed by atoms with Crippen molar-refractivity contribution in [2.75, 3.05) is 18.8 Å². The summed E-state index contributed by atoms with van der Waals surface area (Å²) in [6, 6.07) is 0. The number of hydrogen-bond acceptors (Lipinski definition) is 3. The van der Waals surface area contributed by atoms with Crippen LogP contribution < -0.4 is 10.5 Å². The summed E-state index contributed by atoms with van der Waals surface area (Å²) in [6.07, 6.45) is 0. The first-order valence-corrected chi connectivity index (χ1v) is 5.89. The van der Waals surface area contributed by atoms with Gasteiger partial charge in [0, 0.05) is 0 Å². The molecule has 14 heavy (non-hydrogen) atoms. The molecular formula is C7H16F2N2O2S. The molecule has 0 radical (unpaired) electrons. The van der Waals surface area contributed by atoms with Gasteiger partial charge in [-0.1, -0.05) is 13.8 Å². The quantitative estimate of drug-likeness (QED) is 0.682. The van der Waals surface area contributed by atoms with Crippen LogP contribution in [0, 0.1) is 5.92 Å². The number of nitrogens with one attached hydrogen (secondary N) is 1. The van der Waals surface area contributed by atoms with Crippen molar-refractivity contribution in [2.45, 2.75) is 19.8 Å². The predicted molar refractivity (Wildman–Crippen MR) is 50.6 cm³/mol. The molecule has 7 heteroatoms. The SMILES string of the molecule is CC(C)CS(=O)(=O)NCC(F)(F)CN. The van der Waals surface area contributed by atoms with Crippen LogP contribution in [0.1, 0.15) is 13.8 Å². The van der Waals surface area contributed by atoms with Gasteiger partial charge in [0.2, 0.25) is 10.0 Å². The minimum absolute atomic E-state index is 0.0981. The van der Waals surface area contributed by atoms with Gasteiger partial charge >= 0.3 is 0 Å². The fraction of sp³-hybridized carbons (Fsp3) is 1.00. The molecule has 86 valence electrons. The Hall–Kier alpha value is -0.270. The van der Waals surface area contributed by atoms with Crippen molar-refractivity contribution >= 4 is 10.0 Å². The van der Waals surface area contributed by atoms with Crippen LogP contribution in [0.15, 0.2) is 0 Å². The summed E-state index contributed by atoms with van der Waals surface area (Å²) in [7, 11) is -3.61. The number of nitrogens with two attached hydrogens (primary N) is 1. The molecule has 0 aromatic carbocycles. The summed E-state index contributed by atoms with van der Waals surface area (Å²) in [5, 5.41) is 0. The molecule has 3 N–H and O–H groups in total. The van der Waals surface area contributed by atoms with Gasteiger partial charge in [-0.15, -0.1) is 0 Å². The highest BCUT2D eigenvalue weighted by Gasteiger charge is 2.28. The average Bonchev–Trinajstić information content (AvgIpc) is 1.99. The van der Waals surface area contributed by atoms with E-state index in [4.69, 9.17) is 5.73 Å². The van der Waals surface area contributed by atoms with Crippen LogP contribution in [0.3, 0.4) is 0 Å². The molecule has 0 saturated heterocycles. The molecule has 0 bridgehead atoms. The highest BCUT2D eigenvalue weighted by molar-refractivity contribution is 7.89. The van der Waals surface area contributed by atoms with Crippen molar-refractivity contribution < 1.29 is 17.2 Å². The minimum Gasteiger partial charge on any atom is -0.325 e. The molecule has 0 aliphatic rings. The van der Waals surface area contributed by atoms with E-state index in [2.05, 4.69) is 0 Å². The molecular weight excluding hydrogens is 214 g/mol. The topological polar surface area (TPSA) is 72.2 Å². The van der Waals surface area contributed by atoms with Gasteiger partial charge < -0.3 is 5.73 Å². The van der Waals surface area contributed by atoms with Crippen LogP contribution in [-0.2, 0) is 10.0 Å². The van der Waals surface area contributed by atoms with Crippen LogP contribution in [-0.4, -0.2) is 33.2 Å². The van der Waals surface area contributed by atoms with Crippen LogP contribution in [0.25, 0.3) is 0 Å². The molecule has 0 fully saturated rings. The third-order valence-corrected chi connectivity index (χ3v) is 3.09. The summed E-state index contributed by atoms with van der Waals surface area (Å²) in [5.41, 5.74) is 4.75. The molecule has 0 amide bonds. The lowest BCUT2D eigenvalue weighted by atomic mass is 10.3. The Bertz CT molecular complexity index is 265. The van der Waals surface area contributed by atoms with E-state index in [1.807, 2.05) is 4.72 Å². The minimum atomic E-state index is -3.61. The van der Waals surface area contributed by atoms with Gasteiger partial charge in [0.25, 0.3) is 5.92 Å². The molecule has 0 unspecified atom stereocenters. The van der Waals surface area contributed by atoms with Crippen LogP contribution in [0.5, 0.6) is 0 Å². The lowest BCUT2D eigenvalue weighted by Gasteiger charge is -2.15. The van der Waals surface area contributed by atoms with Crippen molar-refractivity contribution in [1.29, 1.82) is 0 Å². The Balaban J connectivity index is 4.13. The lowest BCUT2D eigenvalue weighted by molar-refractivity contribution is 0.0170. The molecule has 0 aromatic heterocycles. The van der Waals surface area contributed by atoms with Gasteiger partial charge in [0.1, 0.15) is 0 Å². The van der Waals surface area contributed by atoms with Crippen LogP contribution in [0.2, 0.25) is 0 Å². The largest absolute Gasteiger partial charge is 0.325 e. The van der Waals surface area contributed by atoms with Gasteiger partial charge in [0.05, 0.1) is 18.8 Å². The fourth-order valence-corrected chi connectivity index (χ4v) is 2.21. The van der Waals surface area contributed by atoms with E-state index in [-0.39, 0.29) is 11.7 Å². The third-order valence-electron chi connectivity index (χ3n) is 1.40. The van der Waals surface area contributed by atoms with E-state index in [1.165, 1.54) is 0 Å². The summed E-state index contributed by atoms with van der Waals surface area (Å²) in [5.74, 6) is -3.43. The standard InChI is InChI=1S/C7H16F2N2O2S/c1-6(2)3-14(12,13)11-5-7(8,9)4-10/h6,11H,3-5,10H2,1-2H3. The van der Waals surface area contributed by atoms with Crippen molar-refractivity contribution in [3.05, 3.63) is 0 Å². The first-order valence-electron chi connectivity index (χ1n) is 4.24. The number of sulfonamides is 1. The summed E-state index contributed by atoms with van der Waals surface area (Å²) >= 11 is 0. The molecule has 4 nitrogen and oxygen atoms in total. The number of halogens is 2. The van der Waals surface area contributed by atoms with Gasteiger partial charge in [0.15, 0.2) is 0 Å². The Morgan fingerprint density at radius 2 is 1.93 bits per heavy atom. The second-order valence-electron chi connectivity index (χ2n) is 3.56. The molecule has 0 saturated carbocycles. The molecule has 0 aliphatic heterocycles. The normalized spacial score (nSPS) is 13.6. The van der Waals surface area contributed by atoms with Crippen molar-refractivity contribution in [1.82, 2.24) is 4.72 Å². The second-order valence-corrected chi connectivity index (χ2v) is 5.41.